The molecular weight excluding hydrogens is 170 g/mol. The minimum absolute atomic E-state index is 0.156. The van der Waals surface area contributed by atoms with E-state index in [2.05, 4.69) is 30.8 Å². The summed E-state index contributed by atoms with van der Waals surface area (Å²) in [7, 11) is 0. The molecule has 0 bridgehead atoms. The third-order valence-corrected chi connectivity index (χ3v) is 3.20. The number of rotatable bonds is 2. The molecule has 2 unspecified atom stereocenters. The molecule has 0 amide bonds. The zero-order chi connectivity index (χ0) is 9.97. The van der Waals surface area contributed by atoms with E-state index in [1.54, 1.807) is 0 Å². The molecule has 1 aliphatic rings. The molecule has 1 aromatic carbocycles. The maximum absolute atomic E-state index is 5.99. The summed E-state index contributed by atoms with van der Waals surface area (Å²) in [6.45, 7) is 3.77. The van der Waals surface area contributed by atoms with Crippen LogP contribution in [-0.4, -0.2) is 6.04 Å². The average molecular weight is 187 g/mol. The first kappa shape index (κ1) is 9.47. The predicted octanol–water partition coefficient (Wildman–Crippen LogP) is 2.30. The van der Waals surface area contributed by atoms with Gasteiger partial charge in [-0.25, -0.2) is 0 Å². The second kappa shape index (κ2) is 3.97. The standard InChI is InChI=1S/C13H17N/c1-2-13(14)12-8-7-10-5-3-4-6-11(10)9-12/h2-6,12-13H,1,7-9,14H2. The molecule has 14 heavy (non-hydrogen) atoms. The minimum Gasteiger partial charge on any atom is -0.324 e. The SMILES string of the molecule is C=CC(N)C1CCc2ccccc2C1. The van der Waals surface area contributed by atoms with Gasteiger partial charge in [0.1, 0.15) is 0 Å². The van der Waals surface area contributed by atoms with Gasteiger partial charge >= 0.3 is 0 Å². The van der Waals surface area contributed by atoms with Crippen LogP contribution in [-0.2, 0) is 12.8 Å². The Hall–Kier alpha value is -1.08. The Balaban J connectivity index is 2.17. The second-order valence-corrected chi connectivity index (χ2v) is 4.08. The summed E-state index contributed by atoms with van der Waals surface area (Å²) in [6.07, 6.45) is 5.36. The number of hydrogen-bond acceptors (Lipinski definition) is 1. The summed E-state index contributed by atoms with van der Waals surface area (Å²) >= 11 is 0. The van der Waals surface area contributed by atoms with Crippen LogP contribution < -0.4 is 5.73 Å². The Morgan fingerprint density at radius 3 is 2.79 bits per heavy atom. The Kier molecular flexibility index (Phi) is 2.69. The molecule has 0 saturated heterocycles. The van der Waals surface area contributed by atoms with E-state index in [4.69, 9.17) is 5.73 Å². The molecule has 1 nitrogen and oxygen atoms in total. The Morgan fingerprint density at radius 2 is 2.07 bits per heavy atom. The summed E-state index contributed by atoms with van der Waals surface area (Å²) in [5.41, 5.74) is 8.96. The number of nitrogens with two attached hydrogens (primary N) is 1. The van der Waals surface area contributed by atoms with Crippen molar-refractivity contribution in [2.24, 2.45) is 11.7 Å². The largest absolute Gasteiger partial charge is 0.324 e. The van der Waals surface area contributed by atoms with Gasteiger partial charge in [-0.1, -0.05) is 30.3 Å². The molecular formula is C13H17N. The molecule has 2 atom stereocenters. The van der Waals surface area contributed by atoms with Crippen LogP contribution in [0.4, 0.5) is 0 Å². The summed E-state index contributed by atoms with van der Waals surface area (Å²) in [4.78, 5) is 0. The molecule has 0 fully saturated rings. The van der Waals surface area contributed by atoms with E-state index in [0.717, 1.165) is 6.42 Å². The molecule has 74 valence electrons. The highest BCUT2D eigenvalue weighted by Crippen LogP contribution is 2.26. The summed E-state index contributed by atoms with van der Waals surface area (Å²) in [5.74, 6) is 0.586. The molecule has 1 heteroatoms. The molecule has 1 aliphatic carbocycles. The van der Waals surface area contributed by atoms with Crippen LogP contribution >= 0.6 is 0 Å². The zero-order valence-corrected chi connectivity index (χ0v) is 8.45. The Morgan fingerprint density at radius 1 is 1.36 bits per heavy atom. The summed E-state index contributed by atoms with van der Waals surface area (Å²) in [6, 6.07) is 8.83. The maximum atomic E-state index is 5.99. The highest BCUT2D eigenvalue weighted by atomic mass is 14.6. The van der Waals surface area contributed by atoms with Gasteiger partial charge in [0, 0.05) is 6.04 Å². The first-order valence-corrected chi connectivity index (χ1v) is 5.26. The van der Waals surface area contributed by atoms with Crippen LogP contribution in [0.15, 0.2) is 36.9 Å². The zero-order valence-electron chi connectivity index (χ0n) is 8.45. The van der Waals surface area contributed by atoms with Gasteiger partial charge in [0.15, 0.2) is 0 Å². The normalized spacial score (nSPS) is 22.5. The fourth-order valence-corrected chi connectivity index (χ4v) is 2.25. The quantitative estimate of drug-likeness (QED) is 0.706. The van der Waals surface area contributed by atoms with Gasteiger partial charge in [0.2, 0.25) is 0 Å². The van der Waals surface area contributed by atoms with Gasteiger partial charge in [-0.15, -0.1) is 6.58 Å². The van der Waals surface area contributed by atoms with E-state index in [1.807, 2.05) is 6.08 Å². The van der Waals surface area contributed by atoms with Crippen LogP contribution in [0.2, 0.25) is 0 Å². The van der Waals surface area contributed by atoms with Crippen molar-refractivity contribution in [3.63, 3.8) is 0 Å². The van der Waals surface area contributed by atoms with Crippen molar-refractivity contribution in [1.29, 1.82) is 0 Å². The highest BCUT2D eigenvalue weighted by molar-refractivity contribution is 5.30. The predicted molar refractivity (Wildman–Crippen MR) is 60.1 cm³/mol. The van der Waals surface area contributed by atoms with Crippen molar-refractivity contribution in [3.8, 4) is 0 Å². The van der Waals surface area contributed by atoms with Crippen molar-refractivity contribution < 1.29 is 0 Å². The number of benzene rings is 1. The number of hydrogen-bond donors (Lipinski definition) is 1. The van der Waals surface area contributed by atoms with E-state index >= 15 is 0 Å². The van der Waals surface area contributed by atoms with Crippen LogP contribution in [0.3, 0.4) is 0 Å². The van der Waals surface area contributed by atoms with Crippen molar-refractivity contribution in [2.45, 2.75) is 25.3 Å². The molecule has 2 N–H and O–H groups in total. The number of fused-ring (bicyclic) bond motifs is 1. The van der Waals surface area contributed by atoms with E-state index in [-0.39, 0.29) is 6.04 Å². The van der Waals surface area contributed by atoms with Crippen LogP contribution in [0.25, 0.3) is 0 Å². The fourth-order valence-electron chi connectivity index (χ4n) is 2.25. The molecule has 0 spiro atoms. The van der Waals surface area contributed by atoms with Gasteiger partial charge in [-0.3, -0.25) is 0 Å². The Bertz CT molecular complexity index is 330. The van der Waals surface area contributed by atoms with E-state index < -0.39 is 0 Å². The minimum atomic E-state index is 0.156. The molecule has 0 saturated carbocycles. The van der Waals surface area contributed by atoms with Gasteiger partial charge in [-0.05, 0) is 36.3 Å². The van der Waals surface area contributed by atoms with E-state index in [0.29, 0.717) is 5.92 Å². The van der Waals surface area contributed by atoms with Crippen molar-refractivity contribution in [3.05, 3.63) is 48.0 Å². The van der Waals surface area contributed by atoms with Crippen molar-refractivity contribution in [1.82, 2.24) is 0 Å². The van der Waals surface area contributed by atoms with Crippen LogP contribution in [0.5, 0.6) is 0 Å². The number of aryl methyl sites for hydroxylation is 1. The van der Waals surface area contributed by atoms with Crippen LogP contribution in [0.1, 0.15) is 17.5 Å². The van der Waals surface area contributed by atoms with Crippen molar-refractivity contribution >= 4 is 0 Å². The van der Waals surface area contributed by atoms with Crippen molar-refractivity contribution in [2.75, 3.05) is 0 Å². The molecule has 1 aromatic rings. The van der Waals surface area contributed by atoms with Crippen LogP contribution in [0, 0.1) is 5.92 Å². The summed E-state index contributed by atoms with van der Waals surface area (Å²) in [5, 5.41) is 0. The molecule has 0 aromatic heterocycles. The highest BCUT2D eigenvalue weighted by Gasteiger charge is 2.21. The first-order chi connectivity index (χ1) is 6.81. The summed E-state index contributed by atoms with van der Waals surface area (Å²) < 4.78 is 0. The average Bonchev–Trinajstić information content (AvgIpc) is 2.27. The lowest BCUT2D eigenvalue weighted by Crippen LogP contribution is -2.32. The lowest BCUT2D eigenvalue weighted by molar-refractivity contribution is 0.417. The van der Waals surface area contributed by atoms with Gasteiger partial charge in [0.05, 0.1) is 0 Å². The lowest BCUT2D eigenvalue weighted by Gasteiger charge is -2.27. The molecule has 0 aliphatic heterocycles. The Labute approximate surface area is 85.6 Å². The third-order valence-electron chi connectivity index (χ3n) is 3.20. The maximum Gasteiger partial charge on any atom is 0.0253 e. The van der Waals surface area contributed by atoms with Gasteiger partial charge < -0.3 is 5.73 Å². The molecule has 2 rings (SSSR count). The van der Waals surface area contributed by atoms with Gasteiger partial charge in [0.25, 0.3) is 0 Å². The third kappa shape index (κ3) is 1.73. The lowest BCUT2D eigenvalue weighted by atomic mass is 9.80. The van der Waals surface area contributed by atoms with E-state index in [9.17, 15) is 0 Å². The van der Waals surface area contributed by atoms with Gasteiger partial charge in [-0.2, -0.15) is 0 Å². The first-order valence-electron chi connectivity index (χ1n) is 5.26. The van der Waals surface area contributed by atoms with E-state index in [1.165, 1.54) is 24.0 Å². The topological polar surface area (TPSA) is 26.0 Å². The smallest absolute Gasteiger partial charge is 0.0253 e. The monoisotopic (exact) mass is 187 g/mol. The molecule has 0 radical (unpaired) electrons. The molecule has 0 heterocycles. The second-order valence-electron chi connectivity index (χ2n) is 4.08. The fraction of sp³-hybridized carbons (Fsp3) is 0.385.